The van der Waals surface area contributed by atoms with Crippen molar-refractivity contribution in [3.05, 3.63) is 12.8 Å². The lowest BCUT2D eigenvalue weighted by Gasteiger charge is -2.45. The molecule has 2 nitrogen and oxygen atoms in total. The topological polar surface area (TPSA) is 18.5 Å². The first-order chi connectivity index (χ1) is 7.83. The Morgan fingerprint density at radius 3 is 1.94 bits per heavy atom. The molecule has 2 aliphatic carbocycles. The molecule has 0 saturated heterocycles. The molecule has 0 spiro atoms. The van der Waals surface area contributed by atoms with E-state index in [2.05, 4.69) is 6.58 Å². The molecule has 0 amide bonds. The predicted octanol–water partition coefficient (Wildman–Crippen LogP) is 4.12. The summed E-state index contributed by atoms with van der Waals surface area (Å²) in [5.41, 5.74) is 1.42. The molecule has 2 rings (SSSR count). The molecule has 1 unspecified atom stereocenters. The molecule has 92 valence electrons. The third kappa shape index (κ3) is 2.07. The highest BCUT2D eigenvalue weighted by Gasteiger charge is 2.54. The lowest BCUT2D eigenvalue weighted by molar-refractivity contribution is 0.206. The molecular formula is C13H24O2Si. The van der Waals surface area contributed by atoms with Gasteiger partial charge in [-0.25, -0.2) is 0 Å². The first-order valence-corrected chi connectivity index (χ1v) is 8.64. The lowest BCUT2D eigenvalue weighted by Crippen LogP contribution is -2.52. The molecular weight excluding hydrogens is 216 g/mol. The zero-order valence-corrected chi connectivity index (χ0v) is 11.4. The van der Waals surface area contributed by atoms with Crippen molar-refractivity contribution < 1.29 is 8.85 Å². The van der Waals surface area contributed by atoms with Crippen LogP contribution in [-0.4, -0.2) is 15.7 Å². The van der Waals surface area contributed by atoms with E-state index in [9.17, 15) is 0 Å². The van der Waals surface area contributed by atoms with Gasteiger partial charge in [0.05, 0.1) is 6.26 Å². The van der Waals surface area contributed by atoms with Gasteiger partial charge in [0.15, 0.2) is 0 Å². The molecule has 2 aliphatic rings. The van der Waals surface area contributed by atoms with Crippen LogP contribution in [0.3, 0.4) is 0 Å². The molecule has 0 N–H and O–H groups in total. The number of hydrogen-bond acceptors (Lipinski definition) is 2. The molecule has 0 aliphatic heterocycles. The Bertz CT molecular complexity index is 234. The van der Waals surface area contributed by atoms with Gasteiger partial charge in [0.1, 0.15) is 0 Å². The molecule has 3 heteroatoms. The smallest absolute Gasteiger partial charge is 0.404 e. The second-order valence-electron chi connectivity index (χ2n) is 5.17. The normalized spacial score (nSPS) is 26.8. The summed E-state index contributed by atoms with van der Waals surface area (Å²) >= 11 is 0. The quantitative estimate of drug-likeness (QED) is 0.531. The van der Waals surface area contributed by atoms with Gasteiger partial charge in [0, 0.05) is 18.2 Å². The van der Waals surface area contributed by atoms with E-state index in [0.29, 0.717) is 5.54 Å². The van der Waals surface area contributed by atoms with Gasteiger partial charge < -0.3 is 8.85 Å². The first kappa shape index (κ1) is 12.2. The van der Waals surface area contributed by atoms with Gasteiger partial charge in [0.2, 0.25) is 0 Å². The Labute approximate surface area is 100 Å². The fraction of sp³-hybridized carbons (Fsp3) is 0.846. The van der Waals surface area contributed by atoms with Crippen LogP contribution in [0.1, 0.15) is 51.4 Å². The fourth-order valence-electron chi connectivity index (χ4n) is 3.35. The van der Waals surface area contributed by atoms with Crippen LogP contribution in [0.25, 0.3) is 0 Å². The maximum Gasteiger partial charge on any atom is 0.404 e. The van der Waals surface area contributed by atoms with Crippen LogP contribution in [0.4, 0.5) is 0 Å². The van der Waals surface area contributed by atoms with E-state index in [0.717, 1.165) is 5.54 Å². The van der Waals surface area contributed by atoms with Crippen molar-refractivity contribution in [1.82, 2.24) is 0 Å². The van der Waals surface area contributed by atoms with Crippen molar-refractivity contribution >= 4 is 8.56 Å². The van der Waals surface area contributed by atoms with Crippen LogP contribution in [0.2, 0.25) is 11.1 Å². The SMILES string of the molecule is C=CO[Si](OC)(C1CCCCC1)C1CCC1. The zero-order valence-electron chi connectivity index (χ0n) is 10.4. The predicted molar refractivity (Wildman–Crippen MR) is 68.5 cm³/mol. The monoisotopic (exact) mass is 240 g/mol. The average molecular weight is 240 g/mol. The van der Waals surface area contributed by atoms with Crippen molar-refractivity contribution in [2.45, 2.75) is 62.4 Å². The summed E-state index contributed by atoms with van der Waals surface area (Å²) in [5, 5.41) is 0. The van der Waals surface area contributed by atoms with Crippen LogP contribution >= 0.6 is 0 Å². The maximum atomic E-state index is 6.00. The summed E-state index contributed by atoms with van der Waals surface area (Å²) in [4.78, 5) is 0. The Kier molecular flexibility index (Phi) is 4.09. The molecule has 1 atom stereocenters. The van der Waals surface area contributed by atoms with Gasteiger partial charge in [-0.05, 0) is 25.7 Å². The molecule has 0 heterocycles. The first-order valence-electron chi connectivity index (χ1n) is 6.67. The molecule has 2 saturated carbocycles. The Morgan fingerprint density at radius 2 is 1.56 bits per heavy atom. The van der Waals surface area contributed by atoms with Gasteiger partial charge >= 0.3 is 8.56 Å². The van der Waals surface area contributed by atoms with Crippen LogP contribution in [-0.2, 0) is 8.85 Å². The van der Waals surface area contributed by atoms with Crippen LogP contribution < -0.4 is 0 Å². The standard InChI is InChI=1S/C13H24O2Si/c1-3-15-16(14-2,13-10-7-11-13)12-8-5-4-6-9-12/h3,12-13H,1,4-11H2,2H3. The van der Waals surface area contributed by atoms with Crippen LogP contribution in [0, 0.1) is 0 Å². The van der Waals surface area contributed by atoms with Gasteiger partial charge in [-0.3, -0.25) is 0 Å². The largest absolute Gasteiger partial charge is 0.527 e. The van der Waals surface area contributed by atoms with Gasteiger partial charge in [0.25, 0.3) is 0 Å². The lowest BCUT2D eigenvalue weighted by atomic mass is 9.99. The van der Waals surface area contributed by atoms with Gasteiger partial charge in [-0.1, -0.05) is 32.3 Å². The maximum absolute atomic E-state index is 6.00. The van der Waals surface area contributed by atoms with Crippen LogP contribution in [0.5, 0.6) is 0 Å². The van der Waals surface area contributed by atoms with E-state index in [-0.39, 0.29) is 0 Å². The number of hydrogen-bond donors (Lipinski definition) is 0. The molecule has 16 heavy (non-hydrogen) atoms. The van der Waals surface area contributed by atoms with Crippen molar-refractivity contribution in [1.29, 1.82) is 0 Å². The molecule has 0 aromatic heterocycles. The van der Waals surface area contributed by atoms with E-state index in [1.54, 1.807) is 6.26 Å². The van der Waals surface area contributed by atoms with E-state index < -0.39 is 8.56 Å². The van der Waals surface area contributed by atoms with Crippen molar-refractivity contribution in [2.75, 3.05) is 7.11 Å². The molecule has 0 radical (unpaired) electrons. The molecule has 2 fully saturated rings. The average Bonchev–Trinajstić information content (AvgIpc) is 2.27. The number of rotatable bonds is 5. The summed E-state index contributed by atoms with van der Waals surface area (Å²) in [6.07, 6.45) is 12.3. The summed E-state index contributed by atoms with van der Waals surface area (Å²) in [6.45, 7) is 3.76. The second-order valence-corrected chi connectivity index (χ2v) is 8.89. The van der Waals surface area contributed by atoms with Gasteiger partial charge in [-0.15, -0.1) is 0 Å². The molecule has 0 aromatic carbocycles. The summed E-state index contributed by atoms with van der Waals surface area (Å²) < 4.78 is 12.0. The minimum absolute atomic E-state index is 0.703. The highest BCUT2D eigenvalue weighted by Crippen LogP contribution is 2.51. The van der Waals surface area contributed by atoms with E-state index in [1.165, 1.54) is 51.4 Å². The van der Waals surface area contributed by atoms with Crippen LogP contribution in [0.15, 0.2) is 12.8 Å². The second kappa shape index (κ2) is 5.37. The van der Waals surface area contributed by atoms with Crippen molar-refractivity contribution in [3.8, 4) is 0 Å². The Hall–Kier alpha value is -0.283. The summed E-state index contributed by atoms with van der Waals surface area (Å²) in [5.74, 6) is 0. The third-order valence-electron chi connectivity index (χ3n) is 4.43. The highest BCUT2D eigenvalue weighted by atomic mass is 28.4. The van der Waals surface area contributed by atoms with E-state index in [4.69, 9.17) is 8.85 Å². The van der Waals surface area contributed by atoms with Gasteiger partial charge in [-0.2, -0.15) is 0 Å². The Morgan fingerprint density at radius 1 is 1.00 bits per heavy atom. The minimum Gasteiger partial charge on any atom is -0.527 e. The summed E-state index contributed by atoms with van der Waals surface area (Å²) in [7, 11) is -0.140. The van der Waals surface area contributed by atoms with E-state index >= 15 is 0 Å². The minimum atomic E-state index is -2.00. The van der Waals surface area contributed by atoms with Crippen molar-refractivity contribution in [3.63, 3.8) is 0 Å². The summed E-state index contributed by atoms with van der Waals surface area (Å²) in [6, 6.07) is 0. The fourth-order valence-corrected chi connectivity index (χ4v) is 7.85. The molecule has 0 aromatic rings. The third-order valence-corrected chi connectivity index (χ3v) is 9.04. The van der Waals surface area contributed by atoms with Crippen molar-refractivity contribution in [2.24, 2.45) is 0 Å². The molecule has 0 bridgehead atoms. The Balaban J connectivity index is 2.12. The van der Waals surface area contributed by atoms with E-state index in [1.807, 2.05) is 7.11 Å². The highest BCUT2D eigenvalue weighted by molar-refractivity contribution is 6.71. The zero-order chi connectivity index (χ0) is 11.4.